The van der Waals surface area contributed by atoms with Gasteiger partial charge in [0.2, 0.25) is 5.91 Å². The summed E-state index contributed by atoms with van der Waals surface area (Å²) in [5.74, 6) is -1.07. The standard InChI is InChI=1S/C15H20ClFN4O2/c16-11-4-1-5-12(13(11)17)20-15(23)19-6-8-21-7-2-3-10(9-21)14(18)22/h1,4-5,10H,2-3,6-9H2,(H2,18,22)(H2,19,20,23)/t10-/m0/s1. The van der Waals surface area contributed by atoms with Gasteiger partial charge < -0.3 is 21.3 Å². The number of hydrogen-bond donors (Lipinski definition) is 3. The fourth-order valence-corrected chi connectivity index (χ4v) is 2.76. The maximum atomic E-state index is 13.7. The number of primary amides is 1. The molecular weight excluding hydrogens is 323 g/mol. The number of urea groups is 1. The lowest BCUT2D eigenvalue weighted by molar-refractivity contribution is -0.123. The Balaban J connectivity index is 1.74. The topological polar surface area (TPSA) is 87.5 Å². The molecule has 0 bridgehead atoms. The average Bonchev–Trinajstić information content (AvgIpc) is 2.52. The summed E-state index contributed by atoms with van der Waals surface area (Å²) in [6.45, 7) is 2.48. The SMILES string of the molecule is NC(=O)[C@H]1CCCN(CCNC(=O)Nc2cccc(Cl)c2F)C1. The third kappa shape index (κ3) is 5.07. The number of halogens is 2. The monoisotopic (exact) mass is 342 g/mol. The van der Waals surface area contributed by atoms with Crippen molar-refractivity contribution in [1.29, 1.82) is 0 Å². The van der Waals surface area contributed by atoms with Crippen LogP contribution in [-0.4, -0.2) is 43.0 Å². The molecule has 1 fully saturated rings. The fourth-order valence-electron chi connectivity index (χ4n) is 2.59. The van der Waals surface area contributed by atoms with Gasteiger partial charge in [-0.1, -0.05) is 17.7 Å². The zero-order valence-corrected chi connectivity index (χ0v) is 13.4. The van der Waals surface area contributed by atoms with Gasteiger partial charge in [0.05, 0.1) is 16.6 Å². The highest BCUT2D eigenvalue weighted by Gasteiger charge is 2.23. The number of rotatable bonds is 5. The molecule has 2 rings (SSSR count). The van der Waals surface area contributed by atoms with Crippen LogP contribution < -0.4 is 16.4 Å². The molecule has 0 spiro atoms. The van der Waals surface area contributed by atoms with Crippen LogP contribution in [0.2, 0.25) is 5.02 Å². The Kier molecular flexibility index (Phi) is 6.18. The Morgan fingerprint density at radius 3 is 2.96 bits per heavy atom. The van der Waals surface area contributed by atoms with Crippen LogP contribution in [0.3, 0.4) is 0 Å². The molecule has 6 nitrogen and oxygen atoms in total. The van der Waals surface area contributed by atoms with Crippen molar-refractivity contribution in [3.8, 4) is 0 Å². The van der Waals surface area contributed by atoms with E-state index in [0.29, 0.717) is 19.6 Å². The van der Waals surface area contributed by atoms with Crippen LogP contribution in [0.5, 0.6) is 0 Å². The van der Waals surface area contributed by atoms with Crippen LogP contribution in [0.15, 0.2) is 18.2 Å². The van der Waals surface area contributed by atoms with Gasteiger partial charge in [-0.3, -0.25) is 4.79 Å². The first-order chi connectivity index (χ1) is 11.0. The lowest BCUT2D eigenvalue weighted by Crippen LogP contribution is -2.44. The van der Waals surface area contributed by atoms with E-state index in [4.69, 9.17) is 17.3 Å². The minimum absolute atomic E-state index is 0.0294. The van der Waals surface area contributed by atoms with E-state index in [1.54, 1.807) is 6.07 Å². The summed E-state index contributed by atoms with van der Waals surface area (Å²) in [7, 11) is 0. The van der Waals surface area contributed by atoms with Gasteiger partial charge in [-0.15, -0.1) is 0 Å². The zero-order chi connectivity index (χ0) is 16.8. The third-order valence-corrected chi connectivity index (χ3v) is 4.11. The molecule has 23 heavy (non-hydrogen) atoms. The highest BCUT2D eigenvalue weighted by molar-refractivity contribution is 6.31. The number of hydrogen-bond acceptors (Lipinski definition) is 3. The first-order valence-electron chi connectivity index (χ1n) is 7.48. The Labute approximate surface area is 139 Å². The Bertz CT molecular complexity index is 585. The lowest BCUT2D eigenvalue weighted by atomic mass is 9.97. The summed E-state index contributed by atoms with van der Waals surface area (Å²) in [6, 6.07) is 3.89. The smallest absolute Gasteiger partial charge is 0.319 e. The van der Waals surface area contributed by atoms with E-state index in [0.717, 1.165) is 19.4 Å². The van der Waals surface area contributed by atoms with Crippen LogP contribution in [0.4, 0.5) is 14.9 Å². The molecule has 126 valence electrons. The number of carbonyl (C=O) groups excluding carboxylic acids is 2. The van der Waals surface area contributed by atoms with Crippen LogP contribution in [0.25, 0.3) is 0 Å². The van der Waals surface area contributed by atoms with E-state index < -0.39 is 11.8 Å². The molecule has 1 saturated heterocycles. The van der Waals surface area contributed by atoms with E-state index in [2.05, 4.69) is 15.5 Å². The fraction of sp³-hybridized carbons (Fsp3) is 0.467. The summed E-state index contributed by atoms with van der Waals surface area (Å²) < 4.78 is 13.7. The summed E-state index contributed by atoms with van der Waals surface area (Å²) in [6.07, 6.45) is 1.72. The second-order valence-corrected chi connectivity index (χ2v) is 5.93. The first-order valence-corrected chi connectivity index (χ1v) is 7.85. The molecule has 1 heterocycles. The largest absolute Gasteiger partial charge is 0.369 e. The highest BCUT2D eigenvalue weighted by atomic mass is 35.5. The van der Waals surface area contributed by atoms with Crippen molar-refractivity contribution in [1.82, 2.24) is 10.2 Å². The lowest BCUT2D eigenvalue weighted by Gasteiger charge is -2.31. The number of benzene rings is 1. The van der Waals surface area contributed by atoms with Crippen molar-refractivity contribution < 1.29 is 14.0 Å². The quantitative estimate of drug-likeness (QED) is 0.762. The average molecular weight is 343 g/mol. The van der Waals surface area contributed by atoms with Crippen molar-refractivity contribution in [3.05, 3.63) is 29.0 Å². The molecule has 1 aliphatic rings. The van der Waals surface area contributed by atoms with E-state index in [-0.39, 0.29) is 22.5 Å². The van der Waals surface area contributed by atoms with Crippen molar-refractivity contribution in [2.24, 2.45) is 11.7 Å². The molecule has 0 saturated carbocycles. The van der Waals surface area contributed by atoms with Crippen LogP contribution >= 0.6 is 11.6 Å². The van der Waals surface area contributed by atoms with Crippen molar-refractivity contribution >= 4 is 29.2 Å². The molecule has 1 aromatic rings. The maximum Gasteiger partial charge on any atom is 0.319 e. The van der Waals surface area contributed by atoms with Gasteiger partial charge in [-0.2, -0.15) is 0 Å². The van der Waals surface area contributed by atoms with E-state index >= 15 is 0 Å². The molecular formula is C15H20ClFN4O2. The molecule has 1 aromatic carbocycles. The molecule has 0 aliphatic carbocycles. The van der Waals surface area contributed by atoms with E-state index in [1.807, 2.05) is 0 Å². The number of anilines is 1. The number of nitrogens with zero attached hydrogens (tertiary/aromatic N) is 1. The first kappa shape index (κ1) is 17.5. The summed E-state index contributed by atoms with van der Waals surface area (Å²) in [5, 5.41) is 5.02. The van der Waals surface area contributed by atoms with Crippen LogP contribution in [-0.2, 0) is 4.79 Å². The molecule has 1 atom stereocenters. The number of carbonyl (C=O) groups is 2. The van der Waals surface area contributed by atoms with Crippen molar-refractivity contribution in [2.45, 2.75) is 12.8 Å². The number of amides is 3. The van der Waals surface area contributed by atoms with Gasteiger partial charge in [-0.05, 0) is 31.5 Å². The summed E-state index contributed by atoms with van der Waals surface area (Å²) in [5.41, 5.74) is 5.36. The predicted molar refractivity (Wildman–Crippen MR) is 86.8 cm³/mol. The molecule has 0 radical (unpaired) electrons. The number of piperidine rings is 1. The van der Waals surface area contributed by atoms with Gasteiger partial charge >= 0.3 is 6.03 Å². The van der Waals surface area contributed by atoms with E-state index in [9.17, 15) is 14.0 Å². The normalized spacial score (nSPS) is 18.4. The molecule has 0 aromatic heterocycles. The number of nitrogens with one attached hydrogen (secondary N) is 2. The third-order valence-electron chi connectivity index (χ3n) is 3.82. The summed E-state index contributed by atoms with van der Waals surface area (Å²) in [4.78, 5) is 25.1. The van der Waals surface area contributed by atoms with Gasteiger partial charge in [-0.25, -0.2) is 9.18 Å². The zero-order valence-electron chi connectivity index (χ0n) is 12.6. The maximum absolute atomic E-state index is 13.7. The van der Waals surface area contributed by atoms with Gasteiger partial charge in [0.25, 0.3) is 0 Å². The minimum Gasteiger partial charge on any atom is -0.369 e. The molecule has 0 unspecified atom stereocenters. The number of likely N-dealkylation sites (tertiary alicyclic amines) is 1. The van der Waals surface area contributed by atoms with Crippen LogP contribution in [0, 0.1) is 11.7 Å². The predicted octanol–water partition coefficient (Wildman–Crippen LogP) is 1.80. The van der Waals surface area contributed by atoms with Gasteiger partial charge in [0, 0.05) is 19.6 Å². The Morgan fingerprint density at radius 2 is 2.22 bits per heavy atom. The minimum atomic E-state index is -0.662. The van der Waals surface area contributed by atoms with E-state index in [1.165, 1.54) is 12.1 Å². The second kappa shape index (κ2) is 8.12. The molecule has 1 aliphatic heterocycles. The summed E-state index contributed by atoms with van der Waals surface area (Å²) >= 11 is 5.65. The van der Waals surface area contributed by atoms with Crippen molar-refractivity contribution in [3.63, 3.8) is 0 Å². The molecule has 4 N–H and O–H groups in total. The van der Waals surface area contributed by atoms with Gasteiger partial charge in [0.15, 0.2) is 5.82 Å². The molecule has 8 heteroatoms. The van der Waals surface area contributed by atoms with Crippen LogP contribution in [0.1, 0.15) is 12.8 Å². The highest BCUT2D eigenvalue weighted by Crippen LogP contribution is 2.21. The number of nitrogens with two attached hydrogens (primary N) is 1. The van der Waals surface area contributed by atoms with Gasteiger partial charge in [0.1, 0.15) is 0 Å². The Hall–Kier alpha value is -1.86. The van der Waals surface area contributed by atoms with Crippen molar-refractivity contribution in [2.75, 3.05) is 31.5 Å². The second-order valence-electron chi connectivity index (χ2n) is 5.52. The molecule has 3 amide bonds. The Morgan fingerprint density at radius 1 is 1.43 bits per heavy atom.